The van der Waals surface area contributed by atoms with E-state index in [-0.39, 0.29) is 0 Å². The molecule has 2 aliphatic rings. The van der Waals surface area contributed by atoms with Crippen molar-refractivity contribution in [2.24, 2.45) is 0 Å². The third-order valence-corrected chi connectivity index (χ3v) is 5.33. The molecule has 1 aromatic carbocycles. The van der Waals surface area contributed by atoms with E-state index in [0.717, 1.165) is 36.9 Å². The molecule has 2 aromatic heterocycles. The summed E-state index contributed by atoms with van der Waals surface area (Å²) < 4.78 is 7.79. The first-order valence-electron chi connectivity index (χ1n) is 8.70. The fraction of sp³-hybridized carbons (Fsp3) is 0.350. The van der Waals surface area contributed by atoms with Crippen LogP contribution in [0.4, 0.5) is 0 Å². The van der Waals surface area contributed by atoms with Crippen molar-refractivity contribution in [3.8, 4) is 16.9 Å². The summed E-state index contributed by atoms with van der Waals surface area (Å²) in [5.41, 5.74) is 6.31. The summed E-state index contributed by atoms with van der Waals surface area (Å²) in [6, 6.07) is 13.4. The molecule has 5 rings (SSSR count). The van der Waals surface area contributed by atoms with Gasteiger partial charge in [0.25, 0.3) is 0 Å². The van der Waals surface area contributed by atoms with E-state index in [0.29, 0.717) is 0 Å². The molecule has 4 nitrogen and oxygen atoms in total. The molecule has 0 saturated heterocycles. The number of hydrogen-bond donors (Lipinski definition) is 0. The predicted octanol–water partition coefficient (Wildman–Crippen LogP) is 3.69. The van der Waals surface area contributed by atoms with Crippen LogP contribution in [0.3, 0.4) is 0 Å². The van der Waals surface area contributed by atoms with Crippen LogP contribution in [-0.4, -0.2) is 34.1 Å². The number of rotatable bonds is 3. The molecule has 1 aliphatic carbocycles. The maximum Gasteiger partial charge on any atom is 0.118 e. The zero-order valence-corrected chi connectivity index (χ0v) is 13.9. The van der Waals surface area contributed by atoms with Crippen molar-refractivity contribution in [2.45, 2.75) is 32.0 Å². The number of fused-ring (bicyclic) bond motifs is 3. The van der Waals surface area contributed by atoms with E-state index in [2.05, 4.69) is 27.7 Å². The Morgan fingerprint density at radius 3 is 2.67 bits per heavy atom. The van der Waals surface area contributed by atoms with Crippen LogP contribution in [0.1, 0.15) is 18.5 Å². The first kappa shape index (κ1) is 14.1. The molecular weight excluding hydrogens is 298 g/mol. The average molecular weight is 319 g/mol. The van der Waals surface area contributed by atoms with Gasteiger partial charge in [-0.15, -0.1) is 0 Å². The van der Waals surface area contributed by atoms with Crippen molar-refractivity contribution in [3.63, 3.8) is 0 Å². The zero-order valence-electron chi connectivity index (χ0n) is 13.9. The Balaban J connectivity index is 1.69. The Bertz CT molecular complexity index is 893. The number of methoxy groups -OCH3 is 1. The van der Waals surface area contributed by atoms with Crippen molar-refractivity contribution in [3.05, 3.63) is 48.3 Å². The van der Waals surface area contributed by atoms with E-state index < -0.39 is 0 Å². The van der Waals surface area contributed by atoms with Crippen LogP contribution in [-0.2, 0) is 13.1 Å². The molecule has 0 spiro atoms. The third-order valence-electron chi connectivity index (χ3n) is 5.33. The van der Waals surface area contributed by atoms with Crippen molar-refractivity contribution in [1.29, 1.82) is 0 Å². The van der Waals surface area contributed by atoms with E-state index in [4.69, 9.17) is 9.72 Å². The minimum Gasteiger partial charge on any atom is -0.497 e. The molecule has 0 N–H and O–H groups in total. The highest BCUT2D eigenvalue weighted by Gasteiger charge is 2.33. The molecule has 3 heterocycles. The Labute approximate surface area is 141 Å². The Kier molecular flexibility index (Phi) is 3.13. The molecule has 3 aromatic rings. The van der Waals surface area contributed by atoms with Gasteiger partial charge in [0, 0.05) is 43.1 Å². The van der Waals surface area contributed by atoms with Gasteiger partial charge in [-0.2, -0.15) is 0 Å². The van der Waals surface area contributed by atoms with Crippen LogP contribution >= 0.6 is 0 Å². The summed E-state index contributed by atoms with van der Waals surface area (Å²) in [6.45, 7) is 3.24. The fourth-order valence-corrected chi connectivity index (χ4v) is 3.96. The zero-order chi connectivity index (χ0) is 16.1. The third kappa shape index (κ3) is 2.13. The van der Waals surface area contributed by atoms with Gasteiger partial charge in [0.2, 0.25) is 0 Å². The van der Waals surface area contributed by atoms with E-state index in [1.807, 2.05) is 24.4 Å². The summed E-state index contributed by atoms with van der Waals surface area (Å²) in [4.78, 5) is 7.36. The molecule has 0 amide bonds. The smallest absolute Gasteiger partial charge is 0.118 e. The normalized spacial score (nSPS) is 17.9. The fourth-order valence-electron chi connectivity index (χ4n) is 3.96. The van der Waals surface area contributed by atoms with E-state index in [1.165, 1.54) is 35.2 Å². The predicted molar refractivity (Wildman–Crippen MR) is 95.2 cm³/mol. The van der Waals surface area contributed by atoms with E-state index in [1.54, 1.807) is 7.11 Å². The number of aromatic nitrogens is 2. The number of ether oxygens (including phenoxy) is 1. The number of benzene rings is 1. The molecule has 1 saturated carbocycles. The van der Waals surface area contributed by atoms with Gasteiger partial charge < -0.3 is 9.30 Å². The highest BCUT2D eigenvalue weighted by atomic mass is 16.5. The van der Waals surface area contributed by atoms with Gasteiger partial charge >= 0.3 is 0 Å². The summed E-state index contributed by atoms with van der Waals surface area (Å²) in [5.74, 6) is 0.892. The molecule has 122 valence electrons. The second kappa shape index (κ2) is 5.35. The molecule has 0 bridgehead atoms. The lowest BCUT2D eigenvalue weighted by molar-refractivity contribution is 0.214. The first-order valence-corrected chi connectivity index (χ1v) is 8.70. The van der Waals surface area contributed by atoms with Gasteiger partial charge in [-0.1, -0.05) is 12.1 Å². The number of hydrogen-bond acceptors (Lipinski definition) is 3. The quantitative estimate of drug-likeness (QED) is 0.737. The second-order valence-electron chi connectivity index (χ2n) is 6.77. The lowest BCUT2D eigenvalue weighted by Crippen LogP contribution is -2.35. The molecule has 0 atom stereocenters. The van der Waals surface area contributed by atoms with Crippen LogP contribution in [0, 0.1) is 0 Å². The first-order chi connectivity index (χ1) is 11.8. The summed E-state index contributed by atoms with van der Waals surface area (Å²) in [7, 11) is 1.71. The van der Waals surface area contributed by atoms with Gasteiger partial charge in [-0.05, 0) is 42.7 Å². The molecule has 4 heteroatoms. The van der Waals surface area contributed by atoms with Gasteiger partial charge in [-0.25, -0.2) is 0 Å². The lowest BCUT2D eigenvalue weighted by Gasteiger charge is -2.29. The molecule has 1 aliphatic heterocycles. The maximum absolute atomic E-state index is 5.31. The van der Waals surface area contributed by atoms with Crippen molar-refractivity contribution < 1.29 is 4.74 Å². The highest BCUT2D eigenvalue weighted by molar-refractivity contribution is 5.95. The van der Waals surface area contributed by atoms with Gasteiger partial charge in [-0.3, -0.25) is 9.88 Å². The Hall–Kier alpha value is -2.33. The van der Waals surface area contributed by atoms with Crippen molar-refractivity contribution >= 4 is 11.0 Å². The van der Waals surface area contributed by atoms with E-state index in [9.17, 15) is 0 Å². The maximum atomic E-state index is 5.31. The second-order valence-corrected chi connectivity index (χ2v) is 6.77. The van der Waals surface area contributed by atoms with Gasteiger partial charge in [0.15, 0.2) is 0 Å². The SMILES string of the molecule is COc1ccc(-c2c3n(c4cccnc24)CCN(C2CC2)C3)cc1. The highest BCUT2D eigenvalue weighted by Crippen LogP contribution is 2.39. The van der Waals surface area contributed by atoms with Crippen molar-refractivity contribution in [2.75, 3.05) is 13.7 Å². The van der Waals surface area contributed by atoms with Crippen LogP contribution < -0.4 is 4.74 Å². The Morgan fingerprint density at radius 2 is 1.92 bits per heavy atom. The minimum absolute atomic E-state index is 0.799. The molecule has 1 fully saturated rings. The number of pyridine rings is 1. The monoisotopic (exact) mass is 319 g/mol. The minimum atomic E-state index is 0.799. The topological polar surface area (TPSA) is 30.3 Å². The molecular formula is C20H21N3O. The summed E-state index contributed by atoms with van der Waals surface area (Å²) in [5, 5.41) is 0. The standard InChI is InChI=1S/C20H21N3O/c1-24-16-8-4-14(5-9-16)19-18-13-22(15-6-7-15)11-12-23(18)17-3-2-10-21-20(17)19/h2-5,8-10,15H,6-7,11-13H2,1H3. The lowest BCUT2D eigenvalue weighted by atomic mass is 10.0. The number of nitrogens with zero attached hydrogens (tertiary/aromatic N) is 3. The summed E-state index contributed by atoms with van der Waals surface area (Å²) >= 11 is 0. The van der Waals surface area contributed by atoms with Crippen LogP contribution in [0.25, 0.3) is 22.2 Å². The van der Waals surface area contributed by atoms with Crippen LogP contribution in [0.2, 0.25) is 0 Å². The largest absolute Gasteiger partial charge is 0.497 e. The van der Waals surface area contributed by atoms with E-state index >= 15 is 0 Å². The van der Waals surface area contributed by atoms with Gasteiger partial charge in [0.1, 0.15) is 5.75 Å². The Morgan fingerprint density at radius 1 is 1.08 bits per heavy atom. The molecule has 24 heavy (non-hydrogen) atoms. The average Bonchev–Trinajstić information content (AvgIpc) is 3.44. The van der Waals surface area contributed by atoms with Crippen molar-refractivity contribution in [1.82, 2.24) is 14.5 Å². The summed E-state index contributed by atoms with van der Waals surface area (Å²) in [6.07, 6.45) is 4.62. The molecule has 0 radical (unpaired) electrons. The van der Waals surface area contributed by atoms with Gasteiger partial charge in [0.05, 0.1) is 18.1 Å². The molecule has 0 unspecified atom stereocenters. The van der Waals surface area contributed by atoms with Crippen LogP contribution in [0.15, 0.2) is 42.6 Å². The van der Waals surface area contributed by atoms with Crippen LogP contribution in [0.5, 0.6) is 5.75 Å².